The van der Waals surface area contributed by atoms with E-state index in [1.54, 1.807) is 30.5 Å². The molecule has 0 aliphatic carbocycles. The Labute approximate surface area is 251 Å². The van der Waals surface area contributed by atoms with Gasteiger partial charge in [0.1, 0.15) is 18.2 Å². The maximum Gasteiger partial charge on any atom is 0.329 e. The molecule has 1 aromatic carbocycles. The number of nitrogens with zero attached hydrogens (tertiary/aromatic N) is 2. The van der Waals surface area contributed by atoms with Crippen LogP contribution >= 0.6 is 11.8 Å². The quantitative estimate of drug-likeness (QED) is 0.205. The zero-order chi connectivity index (χ0) is 29.5. The largest absolute Gasteiger partial charge is 0.465 e. The SMILES string of the molecule is CCCCCCCSC[C@H](NC(C)C(=O)N1CCC[C@H]1C(=O)OC1CCCN(Cc2ccccc2)C1)C(=O)OCC. The number of amides is 1. The van der Waals surface area contributed by atoms with E-state index in [2.05, 4.69) is 29.3 Å². The molecule has 8 nitrogen and oxygen atoms in total. The lowest BCUT2D eigenvalue weighted by Gasteiger charge is -2.34. The topological polar surface area (TPSA) is 88.2 Å². The number of benzene rings is 1. The Morgan fingerprint density at radius 1 is 1.02 bits per heavy atom. The van der Waals surface area contributed by atoms with Crippen LogP contribution in [0.2, 0.25) is 0 Å². The van der Waals surface area contributed by atoms with Crippen molar-refractivity contribution < 1.29 is 23.9 Å². The molecule has 0 radical (unpaired) electrons. The summed E-state index contributed by atoms with van der Waals surface area (Å²) >= 11 is 1.72. The number of unbranched alkanes of at least 4 members (excludes halogenated alkanes) is 4. The monoisotopic (exact) mass is 589 g/mol. The summed E-state index contributed by atoms with van der Waals surface area (Å²) in [6.45, 7) is 9.11. The average molecular weight is 590 g/mol. The number of ether oxygens (including phenoxy) is 2. The summed E-state index contributed by atoms with van der Waals surface area (Å²) in [4.78, 5) is 43.4. The molecule has 2 fully saturated rings. The van der Waals surface area contributed by atoms with Gasteiger partial charge in [-0.2, -0.15) is 11.8 Å². The highest BCUT2D eigenvalue weighted by Crippen LogP contribution is 2.23. The van der Waals surface area contributed by atoms with Crippen molar-refractivity contribution in [3.8, 4) is 0 Å². The number of likely N-dealkylation sites (tertiary alicyclic amines) is 2. The van der Waals surface area contributed by atoms with E-state index in [0.29, 0.717) is 31.9 Å². The molecule has 3 rings (SSSR count). The number of hydrogen-bond donors (Lipinski definition) is 1. The second-order valence-corrected chi connectivity index (χ2v) is 12.4. The van der Waals surface area contributed by atoms with E-state index in [1.807, 2.05) is 18.2 Å². The van der Waals surface area contributed by atoms with Gasteiger partial charge in [0.2, 0.25) is 5.91 Å². The number of piperidine rings is 1. The molecule has 9 heteroatoms. The van der Waals surface area contributed by atoms with E-state index in [-0.39, 0.29) is 23.9 Å². The van der Waals surface area contributed by atoms with E-state index >= 15 is 0 Å². The molecule has 1 amide bonds. The van der Waals surface area contributed by atoms with Crippen LogP contribution in [0.3, 0.4) is 0 Å². The van der Waals surface area contributed by atoms with Gasteiger partial charge in [0.25, 0.3) is 0 Å². The Morgan fingerprint density at radius 2 is 1.78 bits per heavy atom. The van der Waals surface area contributed by atoms with E-state index in [9.17, 15) is 14.4 Å². The number of carbonyl (C=O) groups excluding carboxylic acids is 3. The molecule has 0 aromatic heterocycles. The molecular weight excluding hydrogens is 538 g/mol. The van der Waals surface area contributed by atoms with Gasteiger partial charge in [0.15, 0.2) is 0 Å². The smallest absolute Gasteiger partial charge is 0.329 e. The van der Waals surface area contributed by atoms with Crippen LogP contribution in [0.15, 0.2) is 30.3 Å². The fourth-order valence-electron chi connectivity index (χ4n) is 5.67. The predicted octanol–water partition coefficient (Wildman–Crippen LogP) is 4.80. The van der Waals surface area contributed by atoms with Crippen LogP contribution in [0.4, 0.5) is 0 Å². The molecule has 230 valence electrons. The lowest BCUT2D eigenvalue weighted by atomic mass is 10.1. The first-order valence-electron chi connectivity index (χ1n) is 15.7. The zero-order valence-corrected chi connectivity index (χ0v) is 26.2. The Hall–Kier alpha value is -2.10. The minimum absolute atomic E-state index is 0.166. The molecule has 0 bridgehead atoms. The van der Waals surface area contributed by atoms with Crippen molar-refractivity contribution >= 4 is 29.6 Å². The van der Waals surface area contributed by atoms with Crippen molar-refractivity contribution in [1.29, 1.82) is 0 Å². The highest BCUT2D eigenvalue weighted by Gasteiger charge is 2.39. The van der Waals surface area contributed by atoms with Gasteiger partial charge < -0.3 is 14.4 Å². The molecule has 2 heterocycles. The van der Waals surface area contributed by atoms with Crippen molar-refractivity contribution in [2.45, 2.75) is 109 Å². The first-order chi connectivity index (χ1) is 19.9. The average Bonchev–Trinajstić information content (AvgIpc) is 3.47. The van der Waals surface area contributed by atoms with Crippen LogP contribution in [0.1, 0.15) is 84.1 Å². The van der Waals surface area contributed by atoms with E-state index < -0.39 is 18.1 Å². The predicted molar refractivity (Wildman–Crippen MR) is 165 cm³/mol. The fraction of sp³-hybridized carbons (Fsp3) is 0.719. The second kappa shape index (κ2) is 18.4. The molecule has 0 saturated carbocycles. The van der Waals surface area contributed by atoms with Crippen molar-refractivity contribution in [1.82, 2.24) is 15.1 Å². The van der Waals surface area contributed by atoms with Crippen molar-refractivity contribution in [2.75, 3.05) is 37.7 Å². The molecular formula is C32H51N3O5S. The fourth-order valence-corrected chi connectivity index (χ4v) is 6.71. The summed E-state index contributed by atoms with van der Waals surface area (Å²) in [5, 5.41) is 3.21. The Balaban J connectivity index is 1.50. The van der Waals surface area contributed by atoms with Gasteiger partial charge in [-0.3, -0.25) is 19.8 Å². The Morgan fingerprint density at radius 3 is 2.54 bits per heavy atom. The van der Waals surface area contributed by atoms with Crippen LogP contribution in [0.25, 0.3) is 0 Å². The Kier molecular flexibility index (Phi) is 15.0. The van der Waals surface area contributed by atoms with Crippen molar-refractivity contribution in [3.63, 3.8) is 0 Å². The van der Waals surface area contributed by atoms with E-state index in [0.717, 1.165) is 44.5 Å². The third kappa shape index (κ3) is 11.2. The summed E-state index contributed by atoms with van der Waals surface area (Å²) in [5.41, 5.74) is 1.25. The van der Waals surface area contributed by atoms with Crippen LogP contribution in [0.5, 0.6) is 0 Å². The first-order valence-corrected chi connectivity index (χ1v) is 16.9. The van der Waals surface area contributed by atoms with Crippen LogP contribution < -0.4 is 5.32 Å². The van der Waals surface area contributed by atoms with Gasteiger partial charge in [-0.1, -0.05) is 62.9 Å². The van der Waals surface area contributed by atoms with Gasteiger partial charge >= 0.3 is 11.9 Å². The maximum atomic E-state index is 13.5. The van der Waals surface area contributed by atoms with Crippen molar-refractivity contribution in [2.24, 2.45) is 0 Å². The molecule has 4 atom stereocenters. The van der Waals surface area contributed by atoms with E-state index in [4.69, 9.17) is 9.47 Å². The minimum Gasteiger partial charge on any atom is -0.465 e. The molecule has 2 aliphatic heterocycles. The normalized spacial score (nSPS) is 20.9. The third-order valence-corrected chi connectivity index (χ3v) is 9.02. The first kappa shape index (κ1) is 33.4. The number of esters is 2. The van der Waals surface area contributed by atoms with Crippen molar-refractivity contribution in [3.05, 3.63) is 35.9 Å². The standard InChI is InChI=1S/C32H51N3O5S/c1-4-6-7-8-12-21-41-24-28(31(37)39-5-2)33-25(3)30(36)35-20-14-18-29(35)32(38)40-27-17-13-19-34(23-27)22-26-15-10-9-11-16-26/h9-11,15-16,25,27-29,33H,4-8,12-14,17-24H2,1-3H3/t25?,27?,28-,29-/m0/s1. The van der Waals surface area contributed by atoms with E-state index in [1.165, 1.54) is 31.2 Å². The molecule has 2 aliphatic rings. The van der Waals surface area contributed by atoms with Gasteiger partial charge in [0.05, 0.1) is 12.6 Å². The van der Waals surface area contributed by atoms with Gasteiger partial charge in [-0.05, 0) is 63.8 Å². The molecule has 41 heavy (non-hydrogen) atoms. The number of carbonyl (C=O) groups is 3. The summed E-state index contributed by atoms with van der Waals surface area (Å²) in [5.74, 6) is 0.720. The number of thioether (sulfide) groups is 1. The van der Waals surface area contributed by atoms with Gasteiger partial charge in [0, 0.05) is 25.4 Å². The second-order valence-electron chi connectivity index (χ2n) is 11.3. The Bertz CT molecular complexity index is 933. The molecule has 2 unspecified atom stereocenters. The molecule has 1 N–H and O–H groups in total. The van der Waals surface area contributed by atoms with Crippen LogP contribution in [-0.2, 0) is 30.4 Å². The summed E-state index contributed by atoms with van der Waals surface area (Å²) in [6, 6.07) is 8.58. The molecule has 1 aromatic rings. The van der Waals surface area contributed by atoms with Gasteiger partial charge in [-0.15, -0.1) is 0 Å². The lowest BCUT2D eigenvalue weighted by molar-refractivity contribution is -0.161. The summed E-state index contributed by atoms with van der Waals surface area (Å²) < 4.78 is 11.3. The number of hydrogen-bond acceptors (Lipinski definition) is 8. The zero-order valence-electron chi connectivity index (χ0n) is 25.4. The van der Waals surface area contributed by atoms with Crippen LogP contribution in [-0.4, -0.2) is 89.6 Å². The highest BCUT2D eigenvalue weighted by molar-refractivity contribution is 7.99. The van der Waals surface area contributed by atoms with Gasteiger partial charge in [-0.25, -0.2) is 4.79 Å². The molecule has 2 saturated heterocycles. The number of rotatable bonds is 17. The maximum absolute atomic E-state index is 13.5. The summed E-state index contributed by atoms with van der Waals surface area (Å²) in [6.07, 6.45) is 9.06. The number of nitrogens with one attached hydrogen (secondary N) is 1. The minimum atomic E-state index is -0.612. The summed E-state index contributed by atoms with van der Waals surface area (Å²) in [7, 11) is 0. The lowest BCUT2D eigenvalue weighted by Crippen LogP contribution is -2.54. The third-order valence-electron chi connectivity index (χ3n) is 7.87. The van der Waals surface area contributed by atoms with Crippen LogP contribution in [0, 0.1) is 0 Å². The molecule has 0 spiro atoms. The highest BCUT2D eigenvalue weighted by atomic mass is 32.2.